The minimum absolute atomic E-state index is 0. The van der Waals surface area contributed by atoms with Gasteiger partial charge in [0, 0.05) is 47.6 Å². The predicted molar refractivity (Wildman–Crippen MR) is 146 cm³/mol. The van der Waals surface area contributed by atoms with Gasteiger partial charge in [0.25, 0.3) is 0 Å². The summed E-state index contributed by atoms with van der Waals surface area (Å²) in [5, 5.41) is 4.76. The van der Waals surface area contributed by atoms with Crippen molar-refractivity contribution in [2.24, 2.45) is 0 Å². The molecule has 0 aliphatic heterocycles. The number of rotatable bonds is 6. The summed E-state index contributed by atoms with van der Waals surface area (Å²) in [6.45, 7) is 7.02. The van der Waals surface area contributed by atoms with Gasteiger partial charge in [0.05, 0.1) is 6.33 Å². The molecule has 12 heteroatoms. The second-order valence-electron chi connectivity index (χ2n) is 8.15. The number of nitrogens with zero attached hydrogens (tertiary/aromatic N) is 5. The number of nitrogens with one attached hydrogen (secondary N) is 2. The summed E-state index contributed by atoms with van der Waals surface area (Å²) < 4.78 is 2.08. The molecule has 0 aliphatic rings. The van der Waals surface area contributed by atoms with Crippen molar-refractivity contribution in [3.8, 4) is 11.4 Å². The summed E-state index contributed by atoms with van der Waals surface area (Å²) in [7, 11) is 9.75. The summed E-state index contributed by atoms with van der Waals surface area (Å²) in [6.07, 6.45) is 8.44. The van der Waals surface area contributed by atoms with Gasteiger partial charge in [0.15, 0.2) is 17.3 Å². The maximum absolute atomic E-state index is 4.88. The van der Waals surface area contributed by atoms with Crippen molar-refractivity contribution in [3.05, 3.63) is 66.4 Å². The monoisotopic (exact) mass is 710 g/mol. The Morgan fingerprint density at radius 1 is 1.11 bits per heavy atom. The number of H-pyrrole nitrogens is 1. The van der Waals surface area contributed by atoms with E-state index < -0.39 is 16.5 Å². The fourth-order valence-electron chi connectivity index (χ4n) is 3.88. The molecule has 0 bridgehead atoms. The van der Waals surface area contributed by atoms with Gasteiger partial charge in [0.2, 0.25) is 0 Å². The Hall–Kier alpha value is -2.55. The molecule has 1 aromatic carbocycles. The Morgan fingerprint density at radius 3 is 2.58 bits per heavy atom. The molecule has 0 atom stereocenters. The van der Waals surface area contributed by atoms with E-state index in [4.69, 9.17) is 28.8 Å². The van der Waals surface area contributed by atoms with Gasteiger partial charge >= 0.3 is 35.3 Å². The molecule has 0 saturated carbocycles. The Balaban J connectivity index is 0.000000871. The van der Waals surface area contributed by atoms with Crippen LogP contribution in [0.25, 0.3) is 33.5 Å². The first-order valence-electron chi connectivity index (χ1n) is 10.8. The van der Waals surface area contributed by atoms with Crippen LogP contribution >= 0.6 is 18.8 Å². The normalized spacial score (nSPS) is 10.6. The van der Waals surface area contributed by atoms with Crippen molar-refractivity contribution in [3.63, 3.8) is 0 Å². The fraction of sp³-hybridized carbons (Fsp3) is 0.250. The number of anilines is 1. The van der Waals surface area contributed by atoms with E-state index in [1.165, 1.54) is 10.9 Å². The Bertz CT molecular complexity index is 1400. The van der Waals surface area contributed by atoms with Crippen LogP contribution in [-0.4, -0.2) is 36.0 Å². The van der Waals surface area contributed by atoms with E-state index in [2.05, 4.69) is 69.1 Å². The van der Waals surface area contributed by atoms with Gasteiger partial charge in [-0.3, -0.25) is 4.98 Å². The number of hydrogen-bond acceptors (Lipinski definition) is 7. The summed E-state index contributed by atoms with van der Waals surface area (Å²) >= 11 is -0.472. The Morgan fingerprint density at radius 2 is 1.86 bits per heavy atom. The van der Waals surface area contributed by atoms with Gasteiger partial charge in [0.1, 0.15) is 5.52 Å². The number of fused-ring (bicyclic) bond motifs is 2. The zero-order valence-electron chi connectivity index (χ0n) is 20.4. The SMILES string of the molecule is Cc1cncc(-c2nc(NCCc3c[nH]c4ccccc34)c3ncn(C(C)C)c3n2)c1.N.N.[Cl][Pt+2][Cl]. The zero-order valence-corrected chi connectivity index (χ0v) is 24.2. The van der Waals surface area contributed by atoms with Gasteiger partial charge in [-0.1, -0.05) is 18.2 Å². The third-order valence-corrected chi connectivity index (χ3v) is 5.47. The number of aromatic amines is 1. The molecule has 5 aromatic rings. The summed E-state index contributed by atoms with van der Waals surface area (Å²) in [6, 6.07) is 10.7. The number of benzene rings is 1. The molecule has 0 spiro atoms. The first-order chi connectivity index (χ1) is 16.5. The van der Waals surface area contributed by atoms with Gasteiger partial charge in [-0.2, -0.15) is 0 Å². The average molecular weight is 712 g/mol. The summed E-state index contributed by atoms with van der Waals surface area (Å²) in [5.41, 5.74) is 6.04. The Labute approximate surface area is 227 Å². The molecule has 0 fully saturated rings. The number of halogens is 2. The van der Waals surface area contributed by atoms with Crippen LogP contribution in [0.2, 0.25) is 0 Å². The van der Waals surface area contributed by atoms with E-state index in [9.17, 15) is 0 Å². The number of hydrogen-bond donors (Lipinski definition) is 4. The van der Waals surface area contributed by atoms with Crippen molar-refractivity contribution in [1.82, 2.24) is 41.8 Å². The van der Waals surface area contributed by atoms with Crippen molar-refractivity contribution >= 4 is 46.7 Å². The number of imidazole rings is 1. The number of pyridine rings is 1. The third kappa shape index (κ3) is 6.60. The molecule has 194 valence electrons. The van der Waals surface area contributed by atoms with Gasteiger partial charge < -0.3 is 27.2 Å². The molecule has 5 rings (SSSR count). The molecular weight excluding hydrogens is 680 g/mol. The molecule has 36 heavy (non-hydrogen) atoms. The first-order valence-corrected chi connectivity index (χ1v) is 16.4. The van der Waals surface area contributed by atoms with Crippen LogP contribution in [0.5, 0.6) is 0 Å². The van der Waals surface area contributed by atoms with Crippen LogP contribution in [0.15, 0.2) is 55.2 Å². The van der Waals surface area contributed by atoms with E-state index in [1.54, 1.807) is 6.20 Å². The molecule has 0 unspecified atom stereocenters. The van der Waals surface area contributed by atoms with Crippen LogP contribution < -0.4 is 17.6 Å². The van der Waals surface area contributed by atoms with E-state index in [0.29, 0.717) is 5.82 Å². The van der Waals surface area contributed by atoms with Crippen molar-refractivity contribution in [1.29, 1.82) is 0 Å². The second kappa shape index (κ2) is 13.7. The van der Waals surface area contributed by atoms with Gasteiger partial charge in [-0.15, -0.1) is 0 Å². The van der Waals surface area contributed by atoms with Crippen LogP contribution in [0.3, 0.4) is 0 Å². The number of aromatic nitrogens is 6. The quantitative estimate of drug-likeness (QED) is 0.155. The molecule has 0 saturated heterocycles. The fourth-order valence-corrected chi connectivity index (χ4v) is 3.88. The summed E-state index contributed by atoms with van der Waals surface area (Å²) in [5.74, 6) is 1.40. The van der Waals surface area contributed by atoms with Crippen LogP contribution in [0.1, 0.15) is 31.0 Å². The predicted octanol–water partition coefficient (Wildman–Crippen LogP) is 6.61. The second-order valence-corrected chi connectivity index (χ2v) is 11.4. The molecule has 0 radical (unpaired) electrons. The topological polar surface area (TPSA) is 154 Å². The molecule has 0 aliphatic carbocycles. The van der Waals surface area contributed by atoms with E-state index >= 15 is 0 Å². The van der Waals surface area contributed by atoms with Crippen LogP contribution in [0, 0.1) is 6.92 Å². The van der Waals surface area contributed by atoms with Crippen molar-refractivity contribution in [2.45, 2.75) is 33.2 Å². The maximum atomic E-state index is 4.88. The molecular formula is C24H31Cl2N9Pt+2. The molecule has 4 heterocycles. The summed E-state index contributed by atoms with van der Waals surface area (Å²) in [4.78, 5) is 21.9. The van der Waals surface area contributed by atoms with E-state index in [1.807, 2.05) is 25.5 Å². The van der Waals surface area contributed by atoms with Gasteiger partial charge in [-0.05, 0) is 50.5 Å². The van der Waals surface area contributed by atoms with Crippen molar-refractivity contribution < 1.29 is 16.5 Å². The van der Waals surface area contributed by atoms with E-state index in [0.717, 1.165) is 46.6 Å². The molecule has 4 aromatic heterocycles. The Kier molecular flexibility index (Phi) is 11.3. The minimum atomic E-state index is -0.472. The number of aryl methyl sites for hydroxylation is 1. The molecule has 0 amide bonds. The first kappa shape index (κ1) is 29.7. The van der Waals surface area contributed by atoms with Crippen LogP contribution in [0.4, 0.5) is 5.82 Å². The van der Waals surface area contributed by atoms with Crippen molar-refractivity contribution in [2.75, 3.05) is 11.9 Å². The van der Waals surface area contributed by atoms with E-state index in [-0.39, 0.29) is 18.3 Å². The molecule has 9 nitrogen and oxygen atoms in total. The number of para-hydroxylation sites is 1. The third-order valence-electron chi connectivity index (χ3n) is 5.47. The average Bonchev–Trinajstić information content (AvgIpc) is 3.44. The van der Waals surface area contributed by atoms with Gasteiger partial charge in [-0.25, -0.2) is 15.0 Å². The molecule has 8 N–H and O–H groups in total. The van der Waals surface area contributed by atoms with Crippen LogP contribution in [-0.2, 0) is 22.9 Å². The standard InChI is InChI=1S/C24H25N7.2ClH.2H3N.Pt/c1-15(2)31-14-28-21-23(26-9-8-17-13-27-20-7-5-4-6-19(17)20)29-22(30-24(21)31)18-10-16(3)11-25-12-18;;;;;/h4-7,10-15,27H,8-9H2,1-3H3,(H,26,29,30);2*1H;2*1H3;/q;;;;;+4/p-2. The zero-order chi connectivity index (χ0) is 24.1.